The van der Waals surface area contributed by atoms with Crippen LogP contribution in [0.5, 0.6) is 0 Å². The van der Waals surface area contributed by atoms with E-state index < -0.39 is 0 Å². The van der Waals surface area contributed by atoms with E-state index in [-0.39, 0.29) is 11.0 Å². The SMILES string of the molecule is O=C(NC(=S)Nc1ccc2nn(-c3cccc4ccccc34)nc2c1)c1cccc(Cl)c1. The van der Waals surface area contributed by atoms with Crippen molar-refractivity contribution in [3.8, 4) is 5.69 Å². The smallest absolute Gasteiger partial charge is 0.257 e. The van der Waals surface area contributed by atoms with Crippen molar-refractivity contribution >= 4 is 62.3 Å². The molecule has 2 N–H and O–H groups in total. The molecule has 0 radical (unpaired) electrons. The molecule has 0 aliphatic heterocycles. The Morgan fingerprint density at radius 3 is 2.53 bits per heavy atom. The van der Waals surface area contributed by atoms with E-state index in [4.69, 9.17) is 23.8 Å². The summed E-state index contributed by atoms with van der Waals surface area (Å²) in [4.78, 5) is 14.0. The van der Waals surface area contributed by atoms with Crippen LogP contribution in [0.4, 0.5) is 5.69 Å². The molecule has 0 saturated heterocycles. The minimum atomic E-state index is -0.340. The van der Waals surface area contributed by atoms with Crippen molar-refractivity contribution in [2.45, 2.75) is 0 Å². The zero-order chi connectivity index (χ0) is 22.1. The maximum atomic E-state index is 12.4. The molecule has 156 valence electrons. The first kappa shape index (κ1) is 20.1. The van der Waals surface area contributed by atoms with Crippen molar-refractivity contribution in [2.24, 2.45) is 0 Å². The molecule has 0 atom stereocenters. The number of aromatic nitrogens is 3. The number of amides is 1. The van der Waals surface area contributed by atoms with E-state index in [9.17, 15) is 4.79 Å². The molecule has 0 fully saturated rings. The summed E-state index contributed by atoms with van der Waals surface area (Å²) in [5.74, 6) is -0.340. The van der Waals surface area contributed by atoms with Gasteiger partial charge in [0, 0.05) is 21.7 Å². The first-order valence-electron chi connectivity index (χ1n) is 9.80. The number of hydrogen-bond acceptors (Lipinski definition) is 4. The third-order valence-corrected chi connectivity index (χ3v) is 5.37. The van der Waals surface area contributed by atoms with Crippen molar-refractivity contribution in [1.82, 2.24) is 20.3 Å². The Bertz CT molecular complexity index is 1490. The Morgan fingerprint density at radius 1 is 0.875 bits per heavy atom. The molecule has 4 aromatic carbocycles. The highest BCUT2D eigenvalue weighted by Gasteiger charge is 2.11. The summed E-state index contributed by atoms with van der Waals surface area (Å²) in [6.45, 7) is 0. The average molecular weight is 458 g/mol. The van der Waals surface area contributed by atoms with Gasteiger partial charge in [-0.1, -0.05) is 54.1 Å². The average Bonchev–Trinajstić information content (AvgIpc) is 3.22. The minimum Gasteiger partial charge on any atom is -0.332 e. The van der Waals surface area contributed by atoms with E-state index in [1.165, 1.54) is 0 Å². The van der Waals surface area contributed by atoms with Crippen molar-refractivity contribution in [2.75, 3.05) is 5.32 Å². The summed E-state index contributed by atoms with van der Waals surface area (Å²) in [6, 6.07) is 26.3. The highest BCUT2D eigenvalue weighted by Crippen LogP contribution is 2.23. The first-order valence-corrected chi connectivity index (χ1v) is 10.6. The summed E-state index contributed by atoms with van der Waals surface area (Å²) in [5, 5.41) is 17.8. The van der Waals surface area contributed by atoms with Crippen molar-refractivity contribution in [3.05, 3.63) is 95.5 Å². The molecule has 1 heterocycles. The van der Waals surface area contributed by atoms with Crippen LogP contribution >= 0.6 is 23.8 Å². The van der Waals surface area contributed by atoms with Crippen molar-refractivity contribution in [1.29, 1.82) is 0 Å². The van der Waals surface area contributed by atoms with E-state index >= 15 is 0 Å². The lowest BCUT2D eigenvalue weighted by atomic mass is 10.1. The zero-order valence-corrected chi connectivity index (χ0v) is 18.2. The molecule has 1 amide bonds. The number of carbonyl (C=O) groups excluding carboxylic acids is 1. The third kappa shape index (κ3) is 4.03. The fourth-order valence-electron chi connectivity index (χ4n) is 3.45. The number of hydrogen-bond donors (Lipinski definition) is 2. The van der Waals surface area contributed by atoms with Crippen LogP contribution in [0.3, 0.4) is 0 Å². The largest absolute Gasteiger partial charge is 0.332 e. The molecule has 8 heteroatoms. The molecule has 0 aliphatic rings. The first-order chi connectivity index (χ1) is 15.6. The Hall–Kier alpha value is -3.81. The van der Waals surface area contributed by atoms with Crippen LogP contribution in [0.15, 0.2) is 84.9 Å². The summed E-state index contributed by atoms with van der Waals surface area (Å²) in [7, 11) is 0. The normalized spacial score (nSPS) is 10.9. The van der Waals surface area contributed by atoms with Gasteiger partial charge in [0.2, 0.25) is 0 Å². The molecular formula is C24H16ClN5OS. The van der Waals surface area contributed by atoms with Gasteiger partial charge in [-0.05, 0) is 60.1 Å². The summed E-state index contributed by atoms with van der Waals surface area (Å²) < 4.78 is 0. The molecule has 0 aliphatic carbocycles. The van der Waals surface area contributed by atoms with Gasteiger partial charge in [0.1, 0.15) is 11.0 Å². The molecule has 0 unspecified atom stereocenters. The molecule has 0 saturated carbocycles. The fraction of sp³-hybridized carbons (Fsp3) is 0. The Labute approximate surface area is 193 Å². The Balaban J connectivity index is 1.37. The molecular weight excluding hydrogens is 442 g/mol. The lowest BCUT2D eigenvalue weighted by Gasteiger charge is -2.09. The summed E-state index contributed by atoms with van der Waals surface area (Å²) in [6.07, 6.45) is 0. The van der Waals surface area contributed by atoms with Gasteiger partial charge in [-0.15, -0.1) is 15.0 Å². The second-order valence-electron chi connectivity index (χ2n) is 7.11. The van der Waals surface area contributed by atoms with Gasteiger partial charge in [0.05, 0.1) is 5.69 Å². The van der Waals surface area contributed by atoms with E-state index in [0.717, 1.165) is 22.0 Å². The summed E-state index contributed by atoms with van der Waals surface area (Å²) >= 11 is 11.2. The number of nitrogens with zero attached hydrogens (tertiary/aromatic N) is 3. The number of anilines is 1. The number of benzene rings is 4. The number of fused-ring (bicyclic) bond motifs is 2. The molecule has 5 aromatic rings. The number of rotatable bonds is 3. The Kier molecular flexibility index (Phi) is 5.26. The van der Waals surface area contributed by atoms with Crippen LogP contribution in [0.1, 0.15) is 10.4 Å². The van der Waals surface area contributed by atoms with Gasteiger partial charge >= 0.3 is 0 Å². The van der Waals surface area contributed by atoms with Gasteiger partial charge in [0.15, 0.2) is 5.11 Å². The van der Waals surface area contributed by atoms with E-state index in [1.54, 1.807) is 29.1 Å². The number of thiocarbonyl (C=S) groups is 1. The van der Waals surface area contributed by atoms with Gasteiger partial charge in [0.25, 0.3) is 5.91 Å². The second kappa shape index (κ2) is 8.37. The standard InChI is InChI=1S/C24H16ClN5OS/c25-17-8-3-7-16(13-17)23(31)27-24(32)26-18-11-12-20-21(14-18)29-30(28-20)22-10-4-6-15-5-1-2-9-19(15)22/h1-14H,(H2,26,27,31,32). The van der Waals surface area contributed by atoms with Crippen molar-refractivity contribution in [3.63, 3.8) is 0 Å². The van der Waals surface area contributed by atoms with Gasteiger partial charge in [-0.25, -0.2) is 0 Å². The second-order valence-corrected chi connectivity index (χ2v) is 7.95. The summed E-state index contributed by atoms with van der Waals surface area (Å²) in [5.41, 5.74) is 3.47. The Morgan fingerprint density at radius 2 is 1.66 bits per heavy atom. The minimum absolute atomic E-state index is 0.177. The van der Waals surface area contributed by atoms with Crippen molar-refractivity contribution < 1.29 is 4.79 Å². The maximum absolute atomic E-state index is 12.4. The molecule has 6 nitrogen and oxygen atoms in total. The predicted molar refractivity (Wildman–Crippen MR) is 132 cm³/mol. The van der Waals surface area contributed by atoms with Crippen LogP contribution in [-0.2, 0) is 0 Å². The molecule has 1 aromatic heterocycles. The van der Waals surface area contributed by atoms with E-state index in [1.807, 2.05) is 48.5 Å². The zero-order valence-electron chi connectivity index (χ0n) is 16.6. The highest BCUT2D eigenvalue weighted by molar-refractivity contribution is 7.80. The molecule has 0 spiro atoms. The molecule has 5 rings (SSSR count). The quantitative estimate of drug-likeness (QED) is 0.357. The van der Waals surface area contributed by atoms with Gasteiger partial charge < -0.3 is 5.32 Å². The van der Waals surface area contributed by atoms with E-state index in [2.05, 4.69) is 33.0 Å². The molecule has 0 bridgehead atoms. The maximum Gasteiger partial charge on any atom is 0.257 e. The van der Waals surface area contributed by atoms with Gasteiger partial charge in [-0.2, -0.15) is 0 Å². The third-order valence-electron chi connectivity index (χ3n) is 4.93. The molecule has 32 heavy (non-hydrogen) atoms. The highest BCUT2D eigenvalue weighted by atomic mass is 35.5. The number of carbonyl (C=O) groups is 1. The van der Waals surface area contributed by atoms with E-state index in [0.29, 0.717) is 21.8 Å². The monoisotopic (exact) mass is 457 g/mol. The lowest BCUT2D eigenvalue weighted by Crippen LogP contribution is -2.34. The number of nitrogens with one attached hydrogen (secondary N) is 2. The number of halogens is 1. The predicted octanol–water partition coefficient (Wildman–Crippen LogP) is 5.35. The van der Waals surface area contributed by atoms with Crippen LogP contribution in [0, 0.1) is 0 Å². The lowest BCUT2D eigenvalue weighted by molar-refractivity contribution is 0.0977. The van der Waals surface area contributed by atoms with Crippen LogP contribution in [-0.4, -0.2) is 26.0 Å². The van der Waals surface area contributed by atoms with Crippen LogP contribution in [0.2, 0.25) is 5.02 Å². The topological polar surface area (TPSA) is 71.8 Å². The fourth-order valence-corrected chi connectivity index (χ4v) is 3.85. The van der Waals surface area contributed by atoms with Gasteiger partial charge in [-0.3, -0.25) is 10.1 Å². The van der Waals surface area contributed by atoms with Crippen LogP contribution in [0.25, 0.3) is 27.5 Å². The van der Waals surface area contributed by atoms with Crippen LogP contribution < -0.4 is 10.6 Å².